The van der Waals surface area contributed by atoms with Gasteiger partial charge in [0, 0.05) is 19.1 Å². The fraction of sp³-hybridized carbons (Fsp3) is 0.875. The van der Waals surface area contributed by atoms with Crippen molar-refractivity contribution < 1.29 is 14.7 Å². The van der Waals surface area contributed by atoms with E-state index >= 15 is 0 Å². The second-order valence-electron chi connectivity index (χ2n) is 6.46. The van der Waals surface area contributed by atoms with Crippen molar-refractivity contribution in [3.8, 4) is 0 Å². The first kappa shape index (κ1) is 17.8. The topological polar surface area (TPSA) is 69.6 Å². The highest BCUT2D eigenvalue weighted by atomic mass is 16.4. The summed E-state index contributed by atoms with van der Waals surface area (Å²) in [6.07, 6.45) is 5.99. The number of hydrogen-bond donors (Lipinski definition) is 2. The Morgan fingerprint density at radius 3 is 2.57 bits per heavy atom. The number of nitrogens with one attached hydrogen (secondary N) is 1. The minimum atomic E-state index is -0.827. The first-order valence-corrected chi connectivity index (χ1v) is 8.23. The Bertz CT molecular complexity index is 344. The Balaban J connectivity index is 2.55. The summed E-state index contributed by atoms with van der Waals surface area (Å²) in [7, 11) is 0. The summed E-state index contributed by atoms with van der Waals surface area (Å²) >= 11 is 0. The van der Waals surface area contributed by atoms with E-state index in [-0.39, 0.29) is 12.6 Å². The zero-order valence-electron chi connectivity index (χ0n) is 13.6. The molecule has 1 saturated heterocycles. The highest BCUT2D eigenvalue weighted by Gasteiger charge is 2.26. The number of carboxylic acids is 1. The van der Waals surface area contributed by atoms with Crippen molar-refractivity contribution in [3.63, 3.8) is 0 Å². The number of carboxylic acid groups (broad SMARTS) is 1. The predicted molar refractivity (Wildman–Crippen MR) is 83.2 cm³/mol. The van der Waals surface area contributed by atoms with Crippen LogP contribution >= 0.6 is 0 Å². The van der Waals surface area contributed by atoms with Crippen LogP contribution in [0.25, 0.3) is 0 Å². The molecule has 0 aromatic carbocycles. The van der Waals surface area contributed by atoms with Crippen LogP contribution in [0.2, 0.25) is 0 Å². The average molecular weight is 298 g/mol. The van der Waals surface area contributed by atoms with Gasteiger partial charge in [-0.05, 0) is 31.6 Å². The van der Waals surface area contributed by atoms with Crippen LogP contribution in [0.3, 0.4) is 0 Å². The molecule has 5 nitrogen and oxygen atoms in total. The molecule has 0 radical (unpaired) electrons. The summed E-state index contributed by atoms with van der Waals surface area (Å²) in [5, 5.41) is 12.1. The van der Waals surface area contributed by atoms with Gasteiger partial charge in [0.1, 0.15) is 0 Å². The van der Waals surface area contributed by atoms with Crippen LogP contribution in [0.1, 0.15) is 59.3 Å². The number of aliphatic carboxylic acids is 1. The van der Waals surface area contributed by atoms with E-state index in [4.69, 9.17) is 0 Å². The largest absolute Gasteiger partial charge is 0.481 e. The second-order valence-corrected chi connectivity index (χ2v) is 6.46. The highest BCUT2D eigenvalue weighted by molar-refractivity contribution is 5.76. The Morgan fingerprint density at radius 2 is 2.00 bits per heavy atom. The molecule has 2 unspecified atom stereocenters. The summed E-state index contributed by atoms with van der Waals surface area (Å²) in [6, 6.07) is 0.194. The third kappa shape index (κ3) is 5.94. The zero-order chi connectivity index (χ0) is 15.8. The smallest absolute Gasteiger partial charge is 0.317 e. The van der Waals surface area contributed by atoms with E-state index in [1.54, 1.807) is 0 Å². The number of carbonyl (C=O) groups is 2. The standard InChI is InChI=1S/C16H30N2O3/c1-4-14-8-6-5-7-9-18(14)16(21)17-11-13(15(19)20)10-12(2)3/h12-14H,4-11H2,1-3H3,(H,17,21)(H,19,20). The fourth-order valence-electron chi connectivity index (χ4n) is 3.02. The molecule has 21 heavy (non-hydrogen) atoms. The van der Waals surface area contributed by atoms with Crippen molar-refractivity contribution in [2.45, 2.75) is 65.3 Å². The van der Waals surface area contributed by atoms with Crippen molar-refractivity contribution in [3.05, 3.63) is 0 Å². The van der Waals surface area contributed by atoms with E-state index in [0.29, 0.717) is 18.4 Å². The minimum Gasteiger partial charge on any atom is -0.481 e. The van der Waals surface area contributed by atoms with E-state index in [0.717, 1.165) is 25.8 Å². The van der Waals surface area contributed by atoms with Gasteiger partial charge in [-0.3, -0.25) is 4.79 Å². The summed E-state index contributed by atoms with van der Waals surface area (Å²) in [4.78, 5) is 25.5. The predicted octanol–water partition coefficient (Wildman–Crippen LogP) is 3.10. The molecular weight excluding hydrogens is 268 g/mol. The van der Waals surface area contributed by atoms with Gasteiger partial charge in [0.15, 0.2) is 0 Å². The van der Waals surface area contributed by atoms with Gasteiger partial charge in [0.25, 0.3) is 0 Å². The number of rotatable bonds is 6. The molecule has 5 heteroatoms. The normalized spacial score (nSPS) is 21.0. The van der Waals surface area contributed by atoms with Crippen molar-refractivity contribution >= 4 is 12.0 Å². The van der Waals surface area contributed by atoms with E-state index < -0.39 is 11.9 Å². The van der Waals surface area contributed by atoms with Crippen LogP contribution in [0.15, 0.2) is 0 Å². The Hall–Kier alpha value is -1.26. The van der Waals surface area contributed by atoms with Crippen LogP contribution in [-0.4, -0.2) is 41.1 Å². The third-order valence-electron chi connectivity index (χ3n) is 4.21. The summed E-state index contributed by atoms with van der Waals surface area (Å²) in [5.41, 5.74) is 0. The molecule has 0 spiro atoms. The number of amides is 2. The van der Waals surface area contributed by atoms with E-state index in [9.17, 15) is 14.7 Å². The molecule has 2 amide bonds. The van der Waals surface area contributed by atoms with Crippen molar-refractivity contribution in [1.82, 2.24) is 10.2 Å². The number of carbonyl (C=O) groups excluding carboxylic acids is 1. The first-order valence-electron chi connectivity index (χ1n) is 8.23. The minimum absolute atomic E-state index is 0.0984. The molecular formula is C16H30N2O3. The van der Waals surface area contributed by atoms with Crippen LogP contribution < -0.4 is 5.32 Å². The van der Waals surface area contributed by atoms with E-state index in [1.807, 2.05) is 18.7 Å². The fourth-order valence-corrected chi connectivity index (χ4v) is 3.02. The molecule has 122 valence electrons. The Kier molecular flexibility index (Phi) is 7.54. The summed E-state index contributed by atoms with van der Waals surface area (Å²) in [6.45, 7) is 7.11. The molecule has 0 aliphatic carbocycles. The van der Waals surface area contributed by atoms with Crippen molar-refractivity contribution in [1.29, 1.82) is 0 Å². The van der Waals surface area contributed by atoms with Crippen LogP contribution in [0, 0.1) is 11.8 Å². The maximum Gasteiger partial charge on any atom is 0.317 e. The lowest BCUT2D eigenvalue weighted by Crippen LogP contribution is -2.47. The van der Waals surface area contributed by atoms with Crippen molar-refractivity contribution in [2.75, 3.05) is 13.1 Å². The molecule has 0 aromatic rings. The SMILES string of the molecule is CCC1CCCCCN1C(=O)NCC(CC(C)C)C(=O)O. The highest BCUT2D eigenvalue weighted by Crippen LogP contribution is 2.19. The van der Waals surface area contributed by atoms with Gasteiger partial charge in [-0.25, -0.2) is 4.79 Å². The maximum absolute atomic E-state index is 12.4. The lowest BCUT2D eigenvalue weighted by Gasteiger charge is -2.30. The molecule has 0 aromatic heterocycles. The van der Waals surface area contributed by atoms with Gasteiger partial charge >= 0.3 is 12.0 Å². The molecule has 2 N–H and O–H groups in total. The van der Waals surface area contributed by atoms with Gasteiger partial charge in [0.2, 0.25) is 0 Å². The van der Waals surface area contributed by atoms with E-state index in [2.05, 4.69) is 12.2 Å². The summed E-state index contributed by atoms with van der Waals surface area (Å²) < 4.78 is 0. The Morgan fingerprint density at radius 1 is 1.29 bits per heavy atom. The maximum atomic E-state index is 12.4. The van der Waals surface area contributed by atoms with Crippen LogP contribution in [-0.2, 0) is 4.79 Å². The van der Waals surface area contributed by atoms with Gasteiger partial charge in [-0.1, -0.05) is 33.6 Å². The van der Waals surface area contributed by atoms with Gasteiger partial charge in [-0.2, -0.15) is 0 Å². The average Bonchev–Trinajstić information content (AvgIpc) is 2.67. The molecule has 1 aliphatic rings. The number of hydrogen-bond acceptors (Lipinski definition) is 2. The third-order valence-corrected chi connectivity index (χ3v) is 4.21. The zero-order valence-corrected chi connectivity index (χ0v) is 13.6. The lowest BCUT2D eigenvalue weighted by atomic mass is 9.97. The molecule has 0 saturated carbocycles. The Labute approximate surface area is 128 Å². The number of urea groups is 1. The van der Waals surface area contributed by atoms with Crippen LogP contribution in [0.5, 0.6) is 0 Å². The van der Waals surface area contributed by atoms with Gasteiger partial charge < -0.3 is 15.3 Å². The number of nitrogens with zero attached hydrogens (tertiary/aromatic N) is 1. The number of likely N-dealkylation sites (tertiary alicyclic amines) is 1. The summed E-state index contributed by atoms with van der Waals surface area (Å²) in [5.74, 6) is -1.02. The lowest BCUT2D eigenvalue weighted by molar-refractivity contribution is -0.142. The second kappa shape index (κ2) is 8.90. The molecule has 1 fully saturated rings. The molecule has 1 aliphatic heterocycles. The van der Waals surface area contributed by atoms with Gasteiger partial charge in [0.05, 0.1) is 5.92 Å². The molecule has 1 heterocycles. The monoisotopic (exact) mass is 298 g/mol. The molecule has 0 bridgehead atoms. The molecule has 1 rings (SSSR count). The van der Waals surface area contributed by atoms with E-state index in [1.165, 1.54) is 12.8 Å². The molecule has 2 atom stereocenters. The van der Waals surface area contributed by atoms with Crippen molar-refractivity contribution in [2.24, 2.45) is 11.8 Å². The first-order chi connectivity index (χ1) is 9.95. The van der Waals surface area contributed by atoms with Crippen LogP contribution in [0.4, 0.5) is 4.79 Å². The quantitative estimate of drug-likeness (QED) is 0.791. The van der Waals surface area contributed by atoms with Gasteiger partial charge in [-0.15, -0.1) is 0 Å².